The van der Waals surface area contributed by atoms with Crippen molar-refractivity contribution in [2.45, 2.75) is 12.5 Å². The molecule has 0 spiro atoms. The molecule has 0 bridgehead atoms. The lowest BCUT2D eigenvalue weighted by Gasteiger charge is -1.97. The van der Waals surface area contributed by atoms with Gasteiger partial charge < -0.3 is 11.5 Å². The van der Waals surface area contributed by atoms with Crippen molar-refractivity contribution >= 4 is 11.8 Å². The van der Waals surface area contributed by atoms with Crippen LogP contribution in [0.2, 0.25) is 0 Å². The second-order valence-corrected chi connectivity index (χ2v) is 2.63. The topological polar surface area (TPSA) is 89.2 Å². The fraction of sp³-hybridized carbons (Fsp3) is 0.667. The highest BCUT2D eigenvalue weighted by Gasteiger charge is 2.38. The standard InChI is InChI=1S/C6H11N3O2/c7-5(10)1-2-9-3-4(9)6(8)11/h4H,1-3H2,(H2,7,10)(H2,8,11). The number of carbonyl (C=O) groups excluding carboxylic acids is 2. The van der Waals surface area contributed by atoms with E-state index in [1.165, 1.54) is 0 Å². The van der Waals surface area contributed by atoms with Crippen molar-refractivity contribution in [2.75, 3.05) is 13.1 Å². The Bertz CT molecular complexity index is 192. The summed E-state index contributed by atoms with van der Waals surface area (Å²) in [6, 6.07) is -0.158. The third-order valence-electron chi connectivity index (χ3n) is 1.69. The lowest BCUT2D eigenvalue weighted by atomic mass is 10.4. The molecule has 5 nitrogen and oxygen atoms in total. The Morgan fingerprint density at radius 1 is 1.45 bits per heavy atom. The third kappa shape index (κ3) is 2.19. The summed E-state index contributed by atoms with van der Waals surface area (Å²) < 4.78 is 0. The lowest BCUT2D eigenvalue weighted by molar-refractivity contribution is -0.120. The summed E-state index contributed by atoms with van der Waals surface area (Å²) in [6.07, 6.45) is 0.295. The van der Waals surface area contributed by atoms with Crippen LogP contribution >= 0.6 is 0 Å². The molecule has 2 atom stereocenters. The number of amides is 2. The second kappa shape index (κ2) is 2.87. The predicted octanol–water partition coefficient (Wildman–Crippen LogP) is -1.97. The van der Waals surface area contributed by atoms with Gasteiger partial charge in [-0.3, -0.25) is 14.5 Å². The quantitative estimate of drug-likeness (QED) is 0.464. The van der Waals surface area contributed by atoms with Crippen molar-refractivity contribution in [2.24, 2.45) is 11.5 Å². The van der Waals surface area contributed by atoms with Gasteiger partial charge >= 0.3 is 0 Å². The first-order chi connectivity index (χ1) is 5.11. The van der Waals surface area contributed by atoms with Crippen molar-refractivity contribution in [3.8, 4) is 0 Å². The summed E-state index contributed by atoms with van der Waals surface area (Å²) in [6.45, 7) is 1.21. The number of primary amides is 2. The molecular weight excluding hydrogens is 146 g/mol. The lowest BCUT2D eigenvalue weighted by Crippen LogP contribution is -2.23. The van der Waals surface area contributed by atoms with E-state index in [-0.39, 0.29) is 17.9 Å². The van der Waals surface area contributed by atoms with Crippen molar-refractivity contribution in [3.63, 3.8) is 0 Å². The van der Waals surface area contributed by atoms with Gasteiger partial charge in [0, 0.05) is 19.5 Å². The highest BCUT2D eigenvalue weighted by Crippen LogP contribution is 2.15. The zero-order valence-electron chi connectivity index (χ0n) is 6.12. The first kappa shape index (κ1) is 8.00. The molecular formula is C6H11N3O2. The zero-order valence-corrected chi connectivity index (χ0v) is 6.12. The number of rotatable bonds is 4. The first-order valence-corrected chi connectivity index (χ1v) is 3.43. The van der Waals surface area contributed by atoms with Crippen LogP contribution in [0.1, 0.15) is 6.42 Å². The Labute approximate surface area is 64.3 Å². The summed E-state index contributed by atoms with van der Waals surface area (Å²) in [4.78, 5) is 22.6. The average Bonchev–Trinajstić information content (AvgIpc) is 2.61. The number of nitrogens with two attached hydrogens (primary N) is 2. The van der Waals surface area contributed by atoms with Crippen LogP contribution in [-0.2, 0) is 9.59 Å². The van der Waals surface area contributed by atoms with Crippen LogP contribution in [0.3, 0.4) is 0 Å². The largest absolute Gasteiger partial charge is 0.370 e. The van der Waals surface area contributed by atoms with Gasteiger partial charge in [-0.15, -0.1) is 0 Å². The van der Waals surface area contributed by atoms with Crippen molar-refractivity contribution in [1.82, 2.24) is 4.90 Å². The molecule has 11 heavy (non-hydrogen) atoms. The molecule has 1 aliphatic rings. The number of carbonyl (C=O) groups is 2. The van der Waals surface area contributed by atoms with E-state index in [9.17, 15) is 9.59 Å². The summed E-state index contributed by atoms with van der Waals surface area (Å²) >= 11 is 0. The smallest absolute Gasteiger partial charge is 0.236 e. The van der Waals surface area contributed by atoms with Crippen LogP contribution in [0, 0.1) is 0 Å². The molecule has 2 unspecified atom stereocenters. The van der Waals surface area contributed by atoms with E-state index in [2.05, 4.69) is 0 Å². The molecule has 0 aromatic rings. The van der Waals surface area contributed by atoms with Gasteiger partial charge in [-0.25, -0.2) is 0 Å². The van der Waals surface area contributed by atoms with E-state index in [4.69, 9.17) is 11.5 Å². The monoisotopic (exact) mass is 157 g/mol. The minimum atomic E-state index is -0.347. The van der Waals surface area contributed by atoms with Crippen molar-refractivity contribution in [1.29, 1.82) is 0 Å². The highest BCUT2D eigenvalue weighted by molar-refractivity contribution is 5.83. The predicted molar refractivity (Wildman–Crippen MR) is 38.4 cm³/mol. The molecule has 0 aromatic carbocycles. The summed E-state index contributed by atoms with van der Waals surface area (Å²) in [5.41, 5.74) is 9.91. The Morgan fingerprint density at radius 2 is 2.09 bits per heavy atom. The van der Waals surface area contributed by atoms with Gasteiger partial charge in [0.1, 0.15) is 6.04 Å². The first-order valence-electron chi connectivity index (χ1n) is 3.43. The second-order valence-electron chi connectivity index (χ2n) is 2.63. The maximum atomic E-state index is 10.5. The molecule has 2 amide bonds. The van der Waals surface area contributed by atoms with Crippen LogP contribution in [0.5, 0.6) is 0 Å². The van der Waals surface area contributed by atoms with Gasteiger partial charge in [-0.05, 0) is 0 Å². The van der Waals surface area contributed by atoms with E-state index in [0.717, 1.165) is 0 Å². The van der Waals surface area contributed by atoms with E-state index in [0.29, 0.717) is 19.5 Å². The maximum absolute atomic E-state index is 10.5. The molecule has 0 aliphatic carbocycles. The maximum Gasteiger partial charge on any atom is 0.236 e. The Hall–Kier alpha value is -1.10. The van der Waals surface area contributed by atoms with Crippen molar-refractivity contribution < 1.29 is 9.59 Å². The number of nitrogens with zero attached hydrogens (tertiary/aromatic N) is 1. The summed E-state index contributed by atoms with van der Waals surface area (Å²) in [5.74, 6) is -0.672. The molecule has 4 N–H and O–H groups in total. The molecule has 0 aromatic heterocycles. The third-order valence-corrected chi connectivity index (χ3v) is 1.69. The molecule has 1 heterocycles. The summed E-state index contributed by atoms with van der Waals surface area (Å²) in [5, 5.41) is 0. The Balaban J connectivity index is 2.14. The molecule has 0 radical (unpaired) electrons. The normalized spacial score (nSPS) is 28.0. The zero-order chi connectivity index (χ0) is 8.43. The van der Waals surface area contributed by atoms with E-state index in [1.807, 2.05) is 4.90 Å². The van der Waals surface area contributed by atoms with Gasteiger partial charge in [0.25, 0.3) is 0 Å². The van der Waals surface area contributed by atoms with E-state index < -0.39 is 0 Å². The molecule has 1 fully saturated rings. The van der Waals surface area contributed by atoms with Gasteiger partial charge in [0.2, 0.25) is 11.8 Å². The number of hydrogen-bond donors (Lipinski definition) is 2. The minimum absolute atomic E-state index is 0.158. The molecule has 62 valence electrons. The van der Waals surface area contributed by atoms with Crippen LogP contribution in [0.4, 0.5) is 0 Å². The van der Waals surface area contributed by atoms with Crippen LogP contribution in [0.25, 0.3) is 0 Å². The highest BCUT2D eigenvalue weighted by atomic mass is 16.2. The number of hydrogen-bond acceptors (Lipinski definition) is 3. The van der Waals surface area contributed by atoms with E-state index in [1.54, 1.807) is 0 Å². The molecule has 1 saturated heterocycles. The van der Waals surface area contributed by atoms with Gasteiger partial charge in [0.05, 0.1) is 0 Å². The van der Waals surface area contributed by atoms with Gasteiger partial charge in [-0.2, -0.15) is 0 Å². The van der Waals surface area contributed by atoms with Gasteiger partial charge in [0.15, 0.2) is 0 Å². The van der Waals surface area contributed by atoms with E-state index >= 15 is 0 Å². The molecule has 1 aliphatic heterocycles. The summed E-state index contributed by atoms with van der Waals surface area (Å²) in [7, 11) is 0. The van der Waals surface area contributed by atoms with Crippen LogP contribution in [-0.4, -0.2) is 35.8 Å². The van der Waals surface area contributed by atoms with Crippen LogP contribution in [0.15, 0.2) is 0 Å². The molecule has 1 rings (SSSR count). The van der Waals surface area contributed by atoms with Crippen LogP contribution < -0.4 is 11.5 Å². The fourth-order valence-electron chi connectivity index (χ4n) is 0.946. The van der Waals surface area contributed by atoms with Crippen molar-refractivity contribution in [3.05, 3.63) is 0 Å². The SMILES string of the molecule is NC(=O)CCN1CC1C(N)=O. The van der Waals surface area contributed by atoms with Gasteiger partial charge in [-0.1, -0.05) is 0 Å². The molecule has 0 saturated carbocycles. The Morgan fingerprint density at radius 3 is 2.45 bits per heavy atom. The average molecular weight is 157 g/mol. The fourth-order valence-corrected chi connectivity index (χ4v) is 0.946. The molecule has 5 heteroatoms. The minimum Gasteiger partial charge on any atom is -0.370 e. The Kier molecular flexibility index (Phi) is 2.09.